The van der Waals surface area contributed by atoms with Gasteiger partial charge in [0.2, 0.25) is 11.8 Å². The monoisotopic (exact) mass is 428 g/mol. The zero-order valence-electron chi connectivity index (χ0n) is 18.6. The van der Waals surface area contributed by atoms with E-state index in [4.69, 9.17) is 4.74 Å². The molecule has 1 aromatic carbocycles. The second-order valence-electron chi connectivity index (χ2n) is 8.86. The van der Waals surface area contributed by atoms with E-state index in [2.05, 4.69) is 30.5 Å². The molecular formula is C24H32N2O3S. The molecule has 2 heterocycles. The maximum atomic E-state index is 13.5. The van der Waals surface area contributed by atoms with E-state index in [1.807, 2.05) is 37.8 Å². The normalized spacial score (nSPS) is 16.3. The number of carbonyl (C=O) groups is 2. The fraction of sp³-hybridized carbons (Fsp3) is 0.500. The van der Waals surface area contributed by atoms with Crippen LogP contribution in [0.25, 0.3) is 0 Å². The Bertz CT molecular complexity index is 900. The zero-order valence-corrected chi connectivity index (χ0v) is 19.4. The first-order chi connectivity index (χ1) is 14.2. The minimum absolute atomic E-state index is 0.0196. The van der Waals surface area contributed by atoms with Crippen LogP contribution >= 0.6 is 11.3 Å². The van der Waals surface area contributed by atoms with Crippen LogP contribution in [-0.4, -0.2) is 55.0 Å². The summed E-state index contributed by atoms with van der Waals surface area (Å²) >= 11 is 1.76. The summed E-state index contributed by atoms with van der Waals surface area (Å²) in [6.45, 7) is 9.29. The largest absolute Gasteiger partial charge is 0.383 e. The van der Waals surface area contributed by atoms with Crippen molar-refractivity contribution < 1.29 is 14.3 Å². The minimum atomic E-state index is -0.550. The molecule has 0 bridgehead atoms. The smallest absolute Gasteiger partial charge is 0.242 e. The number of ether oxygens (including phenoxy) is 1. The van der Waals surface area contributed by atoms with E-state index in [0.717, 1.165) is 12.0 Å². The summed E-state index contributed by atoms with van der Waals surface area (Å²) in [6, 6.07) is 10.3. The minimum Gasteiger partial charge on any atom is -0.383 e. The van der Waals surface area contributed by atoms with Crippen LogP contribution in [-0.2, 0) is 20.7 Å². The van der Waals surface area contributed by atoms with Crippen LogP contribution in [0.3, 0.4) is 0 Å². The van der Waals surface area contributed by atoms with Crippen molar-refractivity contribution in [3.8, 4) is 0 Å². The number of carbonyl (C=O) groups excluding carboxylic acids is 2. The summed E-state index contributed by atoms with van der Waals surface area (Å²) in [6.07, 6.45) is 0.854. The average Bonchev–Trinajstić information content (AvgIpc) is 3.18. The molecule has 1 aliphatic heterocycles. The molecule has 0 spiro atoms. The lowest BCUT2D eigenvalue weighted by Crippen LogP contribution is -2.49. The van der Waals surface area contributed by atoms with Crippen LogP contribution in [0.4, 0.5) is 0 Å². The van der Waals surface area contributed by atoms with Crippen molar-refractivity contribution in [3.05, 3.63) is 57.3 Å². The van der Waals surface area contributed by atoms with Crippen LogP contribution < -0.4 is 0 Å². The molecular weight excluding hydrogens is 396 g/mol. The van der Waals surface area contributed by atoms with Crippen LogP contribution in [0.5, 0.6) is 0 Å². The molecule has 1 atom stereocenters. The van der Waals surface area contributed by atoms with Gasteiger partial charge in [-0.3, -0.25) is 9.59 Å². The Hall–Kier alpha value is -2.18. The van der Waals surface area contributed by atoms with E-state index in [0.29, 0.717) is 19.7 Å². The van der Waals surface area contributed by atoms with Crippen molar-refractivity contribution in [1.82, 2.24) is 9.80 Å². The quantitative estimate of drug-likeness (QED) is 0.697. The van der Waals surface area contributed by atoms with Gasteiger partial charge >= 0.3 is 0 Å². The Morgan fingerprint density at radius 1 is 1.20 bits per heavy atom. The van der Waals surface area contributed by atoms with Crippen molar-refractivity contribution in [1.29, 1.82) is 0 Å². The maximum Gasteiger partial charge on any atom is 0.242 e. The summed E-state index contributed by atoms with van der Waals surface area (Å²) in [7, 11) is 1.61. The molecule has 5 nitrogen and oxygen atoms in total. The number of methoxy groups -OCH3 is 1. The topological polar surface area (TPSA) is 49.9 Å². The van der Waals surface area contributed by atoms with Crippen molar-refractivity contribution in [3.63, 3.8) is 0 Å². The predicted molar refractivity (Wildman–Crippen MR) is 121 cm³/mol. The number of benzene rings is 1. The molecule has 1 aliphatic rings. The molecule has 6 heteroatoms. The predicted octanol–water partition coefficient (Wildman–Crippen LogP) is 4.05. The van der Waals surface area contributed by atoms with Gasteiger partial charge in [-0.2, -0.15) is 0 Å². The molecule has 2 amide bonds. The molecule has 162 valence electrons. The van der Waals surface area contributed by atoms with Gasteiger partial charge in [0.15, 0.2) is 0 Å². The summed E-state index contributed by atoms with van der Waals surface area (Å²) in [5.74, 6) is -0.0534. The number of fused-ring (bicyclic) bond motifs is 1. The molecule has 0 N–H and O–H groups in total. The highest BCUT2D eigenvalue weighted by molar-refractivity contribution is 7.10. The van der Waals surface area contributed by atoms with Crippen LogP contribution in [0, 0.1) is 12.3 Å². The van der Waals surface area contributed by atoms with Gasteiger partial charge in [-0.25, -0.2) is 0 Å². The Morgan fingerprint density at radius 3 is 2.60 bits per heavy atom. The van der Waals surface area contributed by atoms with Gasteiger partial charge < -0.3 is 14.5 Å². The average molecular weight is 429 g/mol. The van der Waals surface area contributed by atoms with Crippen LogP contribution in [0.2, 0.25) is 0 Å². The standard InChI is InChI=1S/C24H32N2O3S/c1-17-8-6-7-9-18(17)22-19-11-15-30-20(19)10-12-26(22)21(27)16-25(13-14-29-5)23(28)24(2,3)4/h6-9,11,15,22H,10,12-14,16H2,1-5H3. The number of rotatable bonds is 6. The zero-order chi connectivity index (χ0) is 21.9. The molecule has 0 aliphatic carbocycles. The Morgan fingerprint density at radius 2 is 1.93 bits per heavy atom. The molecule has 30 heavy (non-hydrogen) atoms. The lowest BCUT2D eigenvalue weighted by atomic mass is 9.90. The summed E-state index contributed by atoms with van der Waals surface area (Å²) in [4.78, 5) is 31.4. The van der Waals surface area contributed by atoms with Crippen LogP contribution in [0.15, 0.2) is 35.7 Å². The third kappa shape index (κ3) is 4.76. The maximum absolute atomic E-state index is 13.5. The Labute approximate surface area is 183 Å². The number of nitrogens with zero attached hydrogens (tertiary/aromatic N) is 2. The second kappa shape index (κ2) is 9.31. The van der Waals surface area contributed by atoms with Gasteiger partial charge in [0, 0.05) is 30.5 Å². The van der Waals surface area contributed by atoms with E-state index >= 15 is 0 Å². The highest BCUT2D eigenvalue weighted by Crippen LogP contribution is 2.39. The molecule has 2 aromatic rings. The third-order valence-electron chi connectivity index (χ3n) is 5.59. The number of aryl methyl sites for hydroxylation is 1. The summed E-state index contributed by atoms with van der Waals surface area (Å²) in [5, 5.41) is 2.11. The summed E-state index contributed by atoms with van der Waals surface area (Å²) < 4.78 is 5.19. The summed E-state index contributed by atoms with van der Waals surface area (Å²) in [5.41, 5.74) is 2.97. The molecule has 0 radical (unpaired) electrons. The SMILES string of the molecule is COCCN(CC(=O)N1CCc2sccc2C1c1ccccc1C)C(=O)C(C)(C)C. The van der Waals surface area contributed by atoms with Gasteiger partial charge in [-0.05, 0) is 41.5 Å². The number of hydrogen-bond acceptors (Lipinski definition) is 4. The van der Waals surface area contributed by atoms with Crippen molar-refractivity contribution in [2.75, 3.05) is 33.4 Å². The fourth-order valence-corrected chi connectivity index (χ4v) is 4.90. The molecule has 3 rings (SSSR count). The highest BCUT2D eigenvalue weighted by Gasteiger charge is 2.36. The molecule has 1 aromatic heterocycles. The van der Waals surface area contributed by atoms with Crippen molar-refractivity contribution >= 4 is 23.2 Å². The van der Waals surface area contributed by atoms with E-state index < -0.39 is 5.41 Å². The Balaban J connectivity index is 1.91. The number of amides is 2. The van der Waals surface area contributed by atoms with E-state index in [1.54, 1.807) is 23.3 Å². The first-order valence-electron chi connectivity index (χ1n) is 10.4. The van der Waals surface area contributed by atoms with E-state index in [1.165, 1.54) is 16.0 Å². The number of thiophene rings is 1. The lowest BCUT2D eigenvalue weighted by Gasteiger charge is -2.39. The van der Waals surface area contributed by atoms with Gasteiger partial charge in [-0.15, -0.1) is 11.3 Å². The first kappa shape index (κ1) is 22.5. The van der Waals surface area contributed by atoms with Crippen molar-refractivity contribution in [2.24, 2.45) is 5.41 Å². The van der Waals surface area contributed by atoms with Gasteiger partial charge in [0.25, 0.3) is 0 Å². The number of hydrogen-bond donors (Lipinski definition) is 0. The molecule has 0 saturated heterocycles. The van der Waals surface area contributed by atoms with E-state index in [9.17, 15) is 9.59 Å². The lowest BCUT2D eigenvalue weighted by molar-refractivity contribution is -0.147. The van der Waals surface area contributed by atoms with Crippen LogP contribution in [0.1, 0.15) is 48.4 Å². The molecule has 1 unspecified atom stereocenters. The van der Waals surface area contributed by atoms with Gasteiger partial charge in [0.1, 0.15) is 0 Å². The van der Waals surface area contributed by atoms with Gasteiger partial charge in [-0.1, -0.05) is 45.0 Å². The van der Waals surface area contributed by atoms with Crippen molar-refractivity contribution in [2.45, 2.75) is 40.2 Å². The Kier molecular flexibility index (Phi) is 6.98. The van der Waals surface area contributed by atoms with E-state index in [-0.39, 0.29) is 24.4 Å². The third-order valence-corrected chi connectivity index (χ3v) is 6.59. The second-order valence-corrected chi connectivity index (χ2v) is 9.87. The molecule has 0 fully saturated rings. The first-order valence-corrected chi connectivity index (χ1v) is 11.3. The highest BCUT2D eigenvalue weighted by atomic mass is 32.1. The van der Waals surface area contributed by atoms with Gasteiger partial charge in [0.05, 0.1) is 19.2 Å². The molecule has 0 saturated carbocycles. The fourth-order valence-electron chi connectivity index (χ4n) is 4.00.